The Hall–Kier alpha value is -2.38. The van der Waals surface area contributed by atoms with Gasteiger partial charge in [0.2, 0.25) is 5.95 Å². The number of benzene rings is 1. The summed E-state index contributed by atoms with van der Waals surface area (Å²) in [4.78, 5) is 10.6. The average Bonchev–Trinajstić information content (AvgIpc) is 2.69. The maximum atomic E-state index is 6.33. The lowest BCUT2D eigenvalue weighted by molar-refractivity contribution is -0.0767. The van der Waals surface area contributed by atoms with Gasteiger partial charge in [-0.05, 0) is 48.6 Å². The Bertz CT molecular complexity index is 791. The molecule has 27 heavy (non-hydrogen) atoms. The van der Waals surface area contributed by atoms with E-state index in [9.17, 15) is 0 Å². The smallest absolute Gasteiger partial charge is 0.221 e. The van der Waals surface area contributed by atoms with Crippen LogP contribution in [0.3, 0.4) is 0 Å². The second kappa shape index (κ2) is 7.70. The fourth-order valence-corrected chi connectivity index (χ4v) is 4.04. The normalized spacial score (nSPS) is 18.3. The molecular formula is C20H26N4O3. The van der Waals surface area contributed by atoms with E-state index in [0.717, 1.165) is 50.5 Å². The van der Waals surface area contributed by atoms with Crippen LogP contribution in [0.25, 0.3) is 0 Å². The lowest BCUT2D eigenvalue weighted by Gasteiger charge is -2.45. The van der Waals surface area contributed by atoms with Crippen LogP contribution in [0, 0.1) is 0 Å². The van der Waals surface area contributed by atoms with Crippen molar-refractivity contribution >= 4 is 11.8 Å². The first-order valence-corrected chi connectivity index (χ1v) is 9.43. The van der Waals surface area contributed by atoms with Crippen LogP contribution in [0.5, 0.6) is 5.75 Å². The summed E-state index contributed by atoms with van der Waals surface area (Å²) in [5.74, 6) is 2.10. The van der Waals surface area contributed by atoms with Gasteiger partial charge in [-0.15, -0.1) is 0 Å². The minimum atomic E-state index is -0.215. The van der Waals surface area contributed by atoms with Crippen LogP contribution in [0.15, 0.2) is 30.5 Å². The second-order valence-corrected chi connectivity index (χ2v) is 7.01. The number of aromatic nitrogens is 2. The maximum absolute atomic E-state index is 6.33. The zero-order valence-electron chi connectivity index (χ0n) is 15.7. The van der Waals surface area contributed by atoms with E-state index in [1.165, 1.54) is 11.1 Å². The van der Waals surface area contributed by atoms with E-state index < -0.39 is 0 Å². The summed E-state index contributed by atoms with van der Waals surface area (Å²) < 4.78 is 17.2. The quantitative estimate of drug-likeness (QED) is 0.808. The van der Waals surface area contributed by atoms with Crippen LogP contribution in [0.2, 0.25) is 0 Å². The number of anilines is 2. The Labute approximate surface area is 159 Å². The Balaban J connectivity index is 1.49. The summed E-state index contributed by atoms with van der Waals surface area (Å²) >= 11 is 0. The fraction of sp³-hybridized carbons (Fsp3) is 0.500. The van der Waals surface area contributed by atoms with Gasteiger partial charge in [0.05, 0.1) is 18.8 Å². The van der Waals surface area contributed by atoms with Crippen LogP contribution in [-0.4, -0.2) is 50.0 Å². The Kier molecular flexibility index (Phi) is 5.13. The lowest BCUT2D eigenvalue weighted by Crippen LogP contribution is -2.47. The molecule has 144 valence electrons. The molecule has 2 aliphatic heterocycles. The highest BCUT2D eigenvalue weighted by Gasteiger charge is 2.41. The second-order valence-electron chi connectivity index (χ2n) is 7.01. The van der Waals surface area contributed by atoms with E-state index in [4.69, 9.17) is 19.9 Å². The highest BCUT2D eigenvalue weighted by atomic mass is 16.5. The van der Waals surface area contributed by atoms with Crippen molar-refractivity contribution in [3.63, 3.8) is 0 Å². The van der Waals surface area contributed by atoms with Crippen LogP contribution >= 0.6 is 0 Å². The largest absolute Gasteiger partial charge is 0.491 e. The Morgan fingerprint density at radius 2 is 2.07 bits per heavy atom. The van der Waals surface area contributed by atoms with Gasteiger partial charge in [-0.2, -0.15) is 4.98 Å². The molecule has 4 rings (SSSR count). The van der Waals surface area contributed by atoms with Crippen molar-refractivity contribution in [3.05, 3.63) is 41.6 Å². The highest BCUT2D eigenvalue weighted by Crippen LogP contribution is 2.43. The third kappa shape index (κ3) is 3.70. The first kappa shape index (κ1) is 18.0. The zero-order chi connectivity index (χ0) is 18.7. The molecule has 0 bridgehead atoms. The van der Waals surface area contributed by atoms with E-state index >= 15 is 0 Å². The van der Waals surface area contributed by atoms with Crippen molar-refractivity contribution < 1.29 is 14.2 Å². The van der Waals surface area contributed by atoms with E-state index in [0.29, 0.717) is 19.2 Å². The molecule has 2 aromatic rings. The SMILES string of the molecule is COCCOc1ccc2c(c1)CCOC21CCN(c2ccnc(N)n2)CC1. The molecule has 7 heteroatoms. The summed E-state index contributed by atoms with van der Waals surface area (Å²) in [5.41, 5.74) is 8.14. The van der Waals surface area contributed by atoms with Crippen molar-refractivity contribution in [3.8, 4) is 5.75 Å². The van der Waals surface area contributed by atoms with Crippen LogP contribution in [0.4, 0.5) is 11.8 Å². The predicted octanol–water partition coefficient (Wildman–Crippen LogP) is 2.15. The molecule has 3 heterocycles. The number of hydrogen-bond donors (Lipinski definition) is 1. The number of methoxy groups -OCH3 is 1. The molecule has 0 unspecified atom stereocenters. The number of piperidine rings is 1. The molecule has 0 amide bonds. The first-order chi connectivity index (χ1) is 13.2. The van der Waals surface area contributed by atoms with E-state index in [-0.39, 0.29) is 5.60 Å². The lowest BCUT2D eigenvalue weighted by atomic mass is 9.79. The van der Waals surface area contributed by atoms with E-state index in [1.807, 2.05) is 12.1 Å². The number of nitrogens with two attached hydrogens (primary N) is 1. The van der Waals surface area contributed by atoms with Crippen LogP contribution in [0.1, 0.15) is 24.0 Å². The van der Waals surface area contributed by atoms with Gasteiger partial charge in [-0.3, -0.25) is 0 Å². The van der Waals surface area contributed by atoms with Gasteiger partial charge in [-0.1, -0.05) is 6.07 Å². The van der Waals surface area contributed by atoms with E-state index in [2.05, 4.69) is 27.0 Å². The van der Waals surface area contributed by atoms with Gasteiger partial charge >= 0.3 is 0 Å². The Morgan fingerprint density at radius 3 is 2.85 bits per heavy atom. The van der Waals surface area contributed by atoms with Crippen molar-refractivity contribution in [2.24, 2.45) is 0 Å². The van der Waals surface area contributed by atoms with Gasteiger partial charge in [0.15, 0.2) is 0 Å². The topological polar surface area (TPSA) is 82.7 Å². The molecule has 1 spiro atoms. The van der Waals surface area contributed by atoms with Gasteiger partial charge < -0.3 is 24.8 Å². The molecule has 7 nitrogen and oxygen atoms in total. The number of nitrogen functional groups attached to an aromatic ring is 1. The monoisotopic (exact) mass is 370 g/mol. The maximum Gasteiger partial charge on any atom is 0.221 e. The summed E-state index contributed by atoms with van der Waals surface area (Å²) in [6.07, 6.45) is 4.48. The zero-order valence-corrected chi connectivity index (χ0v) is 15.7. The third-order valence-corrected chi connectivity index (χ3v) is 5.43. The molecular weight excluding hydrogens is 344 g/mol. The van der Waals surface area contributed by atoms with Crippen molar-refractivity contribution in [2.75, 3.05) is 50.7 Å². The molecule has 1 fully saturated rings. The van der Waals surface area contributed by atoms with Crippen molar-refractivity contribution in [1.82, 2.24) is 9.97 Å². The number of fused-ring (bicyclic) bond motifs is 2. The van der Waals surface area contributed by atoms with Gasteiger partial charge in [0, 0.05) is 26.4 Å². The van der Waals surface area contributed by atoms with Gasteiger partial charge in [0.25, 0.3) is 0 Å². The summed E-state index contributed by atoms with van der Waals surface area (Å²) in [6.45, 7) is 3.65. The van der Waals surface area contributed by atoms with Crippen molar-refractivity contribution in [1.29, 1.82) is 0 Å². The minimum absolute atomic E-state index is 0.215. The van der Waals surface area contributed by atoms with Crippen LogP contribution < -0.4 is 15.4 Å². The third-order valence-electron chi connectivity index (χ3n) is 5.43. The molecule has 2 aliphatic rings. The summed E-state index contributed by atoms with van der Waals surface area (Å²) in [6, 6.07) is 8.29. The number of ether oxygens (including phenoxy) is 3. The van der Waals surface area contributed by atoms with Gasteiger partial charge in [0.1, 0.15) is 18.2 Å². The standard InChI is InChI=1S/C20H26N4O3/c1-25-12-13-26-16-2-3-17-15(14-16)5-11-27-20(17)6-9-24(10-7-20)18-4-8-22-19(21)23-18/h2-4,8,14H,5-7,9-13H2,1H3,(H2,21,22,23). The molecule has 1 aromatic heterocycles. The average molecular weight is 370 g/mol. The summed E-state index contributed by atoms with van der Waals surface area (Å²) in [7, 11) is 1.68. The molecule has 2 N–H and O–H groups in total. The highest BCUT2D eigenvalue weighted by molar-refractivity contribution is 5.45. The molecule has 0 atom stereocenters. The van der Waals surface area contributed by atoms with E-state index in [1.54, 1.807) is 13.3 Å². The van der Waals surface area contributed by atoms with Crippen molar-refractivity contribution in [2.45, 2.75) is 24.9 Å². The number of rotatable bonds is 5. The molecule has 0 saturated carbocycles. The molecule has 0 radical (unpaired) electrons. The molecule has 1 aromatic carbocycles. The molecule has 1 saturated heterocycles. The first-order valence-electron chi connectivity index (χ1n) is 9.43. The number of hydrogen-bond acceptors (Lipinski definition) is 7. The Morgan fingerprint density at radius 1 is 1.22 bits per heavy atom. The van der Waals surface area contributed by atoms with Crippen LogP contribution in [-0.2, 0) is 21.5 Å². The number of nitrogens with zero attached hydrogens (tertiary/aromatic N) is 3. The summed E-state index contributed by atoms with van der Waals surface area (Å²) in [5, 5.41) is 0. The van der Waals surface area contributed by atoms with Gasteiger partial charge in [-0.25, -0.2) is 4.98 Å². The molecule has 0 aliphatic carbocycles. The fourth-order valence-electron chi connectivity index (χ4n) is 4.04. The minimum Gasteiger partial charge on any atom is -0.491 e. The predicted molar refractivity (Wildman–Crippen MR) is 103 cm³/mol.